The Hall–Kier alpha value is -3.36. The largest absolute Gasteiger partial charge is 0.493 e. The zero-order valence-corrected chi connectivity index (χ0v) is 23.8. The van der Waals surface area contributed by atoms with Gasteiger partial charge < -0.3 is 24.0 Å². The molecule has 0 aliphatic heterocycles. The molecule has 1 heterocycles. The third-order valence-electron chi connectivity index (χ3n) is 6.56. The number of aryl methyl sites for hydroxylation is 2. The van der Waals surface area contributed by atoms with E-state index in [0.29, 0.717) is 49.7 Å². The Labute approximate surface area is 229 Å². The normalized spacial score (nSPS) is 10.8. The fraction of sp³-hybridized carbons (Fsp3) is 0.400. The van der Waals surface area contributed by atoms with Crippen molar-refractivity contribution in [2.45, 2.75) is 33.2 Å². The number of carbonyl (C=O) groups is 2. The second-order valence-electron chi connectivity index (χ2n) is 9.05. The van der Waals surface area contributed by atoms with E-state index >= 15 is 0 Å². The van der Waals surface area contributed by atoms with E-state index in [9.17, 15) is 9.59 Å². The number of hydrogen-bond acceptors (Lipinski definition) is 6. The van der Waals surface area contributed by atoms with Crippen molar-refractivity contribution in [2.75, 3.05) is 47.6 Å². The lowest BCUT2D eigenvalue weighted by atomic mass is 10.1. The number of carbonyl (C=O) groups excluding carboxylic acids is 2. The highest BCUT2D eigenvalue weighted by Gasteiger charge is 2.23. The van der Waals surface area contributed by atoms with Gasteiger partial charge in [-0.3, -0.25) is 9.59 Å². The van der Waals surface area contributed by atoms with Gasteiger partial charge in [0.05, 0.1) is 27.4 Å². The summed E-state index contributed by atoms with van der Waals surface area (Å²) in [4.78, 5) is 31.6. The molecule has 0 spiro atoms. The summed E-state index contributed by atoms with van der Waals surface area (Å²) in [5.41, 5.74) is 3.92. The second kappa shape index (κ2) is 14.5. The van der Waals surface area contributed by atoms with Crippen molar-refractivity contribution in [3.8, 4) is 11.5 Å². The van der Waals surface area contributed by atoms with Crippen LogP contribution in [0.4, 0.5) is 0 Å². The highest BCUT2D eigenvalue weighted by Crippen LogP contribution is 2.28. The Morgan fingerprint density at radius 3 is 2.18 bits per heavy atom. The summed E-state index contributed by atoms with van der Waals surface area (Å²) in [6, 6.07) is 15.4. The molecule has 7 nitrogen and oxygen atoms in total. The first-order chi connectivity index (χ1) is 18.4. The Kier molecular flexibility index (Phi) is 11.2. The molecule has 0 fully saturated rings. The molecule has 2 aromatic carbocycles. The maximum absolute atomic E-state index is 13.7. The van der Waals surface area contributed by atoms with Crippen molar-refractivity contribution in [3.05, 3.63) is 81.0 Å². The van der Waals surface area contributed by atoms with Crippen molar-refractivity contribution in [1.82, 2.24) is 9.80 Å². The SMILES string of the molecule is CCc1ccc(C(=O)N(CCOC)CC(=O)N(CCc2ccc(OC)c(OC)c2)Cc2sccc2C)cc1. The fourth-order valence-electron chi connectivity index (χ4n) is 4.11. The van der Waals surface area contributed by atoms with Crippen LogP contribution in [0.1, 0.15) is 38.8 Å². The summed E-state index contributed by atoms with van der Waals surface area (Å²) in [6.07, 6.45) is 1.54. The molecule has 0 N–H and O–H groups in total. The molecule has 204 valence electrons. The van der Waals surface area contributed by atoms with E-state index in [2.05, 4.69) is 19.9 Å². The standard InChI is InChI=1S/C30H38N2O5S/c1-6-23-7-10-25(11-8-23)30(34)32(16-17-35-3)21-29(33)31(20-28-22(2)14-18-38-28)15-13-24-9-12-26(36-4)27(19-24)37-5/h7-12,14,18-19H,6,13,15-17,20-21H2,1-5H3. The molecule has 0 atom stereocenters. The van der Waals surface area contributed by atoms with Gasteiger partial charge >= 0.3 is 0 Å². The van der Waals surface area contributed by atoms with Gasteiger partial charge in [-0.25, -0.2) is 0 Å². The summed E-state index contributed by atoms with van der Waals surface area (Å²) >= 11 is 1.64. The van der Waals surface area contributed by atoms with Crippen LogP contribution in [0, 0.1) is 6.92 Å². The average molecular weight is 539 g/mol. The summed E-state index contributed by atoms with van der Waals surface area (Å²) in [5, 5.41) is 2.04. The van der Waals surface area contributed by atoms with E-state index in [0.717, 1.165) is 28.0 Å². The number of nitrogens with zero attached hydrogens (tertiary/aromatic N) is 2. The van der Waals surface area contributed by atoms with Crippen molar-refractivity contribution < 1.29 is 23.8 Å². The molecule has 0 unspecified atom stereocenters. The third kappa shape index (κ3) is 7.82. The van der Waals surface area contributed by atoms with E-state index in [-0.39, 0.29) is 18.4 Å². The number of amides is 2. The molecular weight excluding hydrogens is 500 g/mol. The summed E-state index contributed by atoms with van der Waals surface area (Å²) in [6.45, 7) is 5.79. The molecular formula is C30H38N2O5S. The number of rotatable bonds is 14. The van der Waals surface area contributed by atoms with Crippen LogP contribution >= 0.6 is 11.3 Å². The van der Waals surface area contributed by atoms with Gasteiger partial charge in [0.25, 0.3) is 5.91 Å². The molecule has 3 aromatic rings. The predicted molar refractivity (Wildman–Crippen MR) is 151 cm³/mol. The van der Waals surface area contributed by atoms with Crippen molar-refractivity contribution in [3.63, 3.8) is 0 Å². The van der Waals surface area contributed by atoms with Gasteiger partial charge in [0.1, 0.15) is 6.54 Å². The van der Waals surface area contributed by atoms with Crippen LogP contribution in [0.25, 0.3) is 0 Å². The maximum atomic E-state index is 13.7. The molecule has 38 heavy (non-hydrogen) atoms. The van der Waals surface area contributed by atoms with E-state index in [1.54, 1.807) is 37.6 Å². The van der Waals surface area contributed by atoms with Gasteiger partial charge in [0.15, 0.2) is 11.5 Å². The van der Waals surface area contributed by atoms with Crippen LogP contribution in [-0.4, -0.2) is 69.2 Å². The van der Waals surface area contributed by atoms with Crippen molar-refractivity contribution in [2.24, 2.45) is 0 Å². The fourth-order valence-corrected chi connectivity index (χ4v) is 5.04. The number of ether oxygens (including phenoxy) is 3. The molecule has 0 saturated heterocycles. The number of thiophene rings is 1. The molecule has 0 aliphatic carbocycles. The number of benzene rings is 2. The highest BCUT2D eigenvalue weighted by atomic mass is 32.1. The Morgan fingerprint density at radius 1 is 0.868 bits per heavy atom. The van der Waals surface area contributed by atoms with Gasteiger partial charge in [0, 0.05) is 30.6 Å². The Balaban J connectivity index is 1.79. The van der Waals surface area contributed by atoms with Crippen LogP contribution in [0.3, 0.4) is 0 Å². The molecule has 0 aliphatic rings. The summed E-state index contributed by atoms with van der Waals surface area (Å²) in [5.74, 6) is 1.04. The minimum atomic E-state index is -0.176. The first-order valence-electron chi connectivity index (χ1n) is 12.8. The minimum Gasteiger partial charge on any atom is -0.493 e. The molecule has 2 amide bonds. The van der Waals surface area contributed by atoms with E-state index in [1.165, 1.54) is 0 Å². The average Bonchev–Trinajstić information content (AvgIpc) is 3.36. The molecule has 0 radical (unpaired) electrons. The monoisotopic (exact) mass is 538 g/mol. The highest BCUT2D eigenvalue weighted by molar-refractivity contribution is 7.10. The number of methoxy groups -OCH3 is 3. The first-order valence-corrected chi connectivity index (χ1v) is 13.7. The predicted octanol–water partition coefficient (Wildman–Crippen LogP) is 5.00. The van der Waals surface area contributed by atoms with Crippen LogP contribution in [0.2, 0.25) is 0 Å². The van der Waals surface area contributed by atoms with Gasteiger partial charge in [-0.05, 0) is 72.2 Å². The Bertz CT molecular complexity index is 1190. The topological polar surface area (TPSA) is 68.3 Å². The molecule has 8 heteroatoms. The van der Waals surface area contributed by atoms with Gasteiger partial charge in [-0.1, -0.05) is 25.1 Å². The van der Waals surface area contributed by atoms with Gasteiger partial charge in [-0.15, -0.1) is 11.3 Å². The Morgan fingerprint density at radius 2 is 1.58 bits per heavy atom. The number of hydrogen-bond donors (Lipinski definition) is 0. The molecule has 0 bridgehead atoms. The van der Waals surface area contributed by atoms with Gasteiger partial charge in [-0.2, -0.15) is 0 Å². The van der Waals surface area contributed by atoms with Crippen molar-refractivity contribution in [1.29, 1.82) is 0 Å². The second-order valence-corrected chi connectivity index (χ2v) is 10.1. The van der Waals surface area contributed by atoms with Crippen molar-refractivity contribution >= 4 is 23.2 Å². The molecule has 1 aromatic heterocycles. The smallest absolute Gasteiger partial charge is 0.254 e. The van der Waals surface area contributed by atoms with Crippen LogP contribution in [0.15, 0.2) is 53.9 Å². The molecule has 3 rings (SSSR count). The lowest BCUT2D eigenvalue weighted by Crippen LogP contribution is -2.44. The molecule has 0 saturated carbocycles. The zero-order valence-electron chi connectivity index (χ0n) is 23.0. The summed E-state index contributed by atoms with van der Waals surface area (Å²) in [7, 11) is 4.81. The van der Waals surface area contributed by atoms with E-state index in [4.69, 9.17) is 14.2 Å². The van der Waals surface area contributed by atoms with Crippen LogP contribution < -0.4 is 9.47 Å². The lowest BCUT2D eigenvalue weighted by Gasteiger charge is -2.28. The lowest BCUT2D eigenvalue weighted by molar-refractivity contribution is -0.132. The van der Waals surface area contributed by atoms with Crippen LogP contribution in [0.5, 0.6) is 11.5 Å². The third-order valence-corrected chi connectivity index (χ3v) is 7.57. The maximum Gasteiger partial charge on any atom is 0.254 e. The summed E-state index contributed by atoms with van der Waals surface area (Å²) < 4.78 is 16.0. The van der Waals surface area contributed by atoms with Crippen LogP contribution in [-0.2, 0) is 28.9 Å². The first kappa shape index (κ1) is 29.2. The zero-order chi connectivity index (χ0) is 27.5. The van der Waals surface area contributed by atoms with E-state index in [1.807, 2.05) is 52.7 Å². The van der Waals surface area contributed by atoms with E-state index < -0.39 is 0 Å². The quantitative estimate of drug-likeness (QED) is 0.289. The minimum absolute atomic E-state index is 0.0198. The van der Waals surface area contributed by atoms with Gasteiger partial charge in [0.2, 0.25) is 5.91 Å².